The Morgan fingerprint density at radius 1 is 0.732 bits per heavy atom. The number of amides is 1. The Kier molecular flexibility index (Phi) is 14.7. The summed E-state index contributed by atoms with van der Waals surface area (Å²) in [6.45, 7) is 8.38. The molecule has 2 N–H and O–H groups in total. The van der Waals surface area contributed by atoms with Crippen molar-refractivity contribution >= 4 is 44.9 Å². The van der Waals surface area contributed by atoms with Crippen molar-refractivity contribution in [3.63, 3.8) is 0 Å². The normalized spacial score (nSPS) is 15.5. The monoisotopic (exact) mass is 782 g/mol. The summed E-state index contributed by atoms with van der Waals surface area (Å²) in [5, 5.41) is 6.56. The Hall–Kier alpha value is -5.20. The number of carbonyl (C=O) groups excluding carboxylic acids is 3. The number of hydrogen-bond donors (Lipinski definition) is 2. The molecule has 0 spiro atoms. The Morgan fingerprint density at radius 3 is 1.96 bits per heavy atom. The van der Waals surface area contributed by atoms with Gasteiger partial charge in [0.15, 0.2) is 0 Å². The number of nitrogens with zero attached hydrogens (tertiary/aromatic N) is 2. The second-order valence-electron chi connectivity index (χ2n) is 14.0. The maximum absolute atomic E-state index is 13.9. The Bertz CT molecular complexity index is 2060. The molecule has 4 aromatic carbocycles. The first-order valence-electron chi connectivity index (χ1n) is 19.4. The molecule has 0 heterocycles. The molecule has 1 aliphatic carbocycles. The summed E-state index contributed by atoms with van der Waals surface area (Å²) in [5.41, 5.74) is 6.55. The minimum atomic E-state index is -3.91. The van der Waals surface area contributed by atoms with E-state index in [9.17, 15) is 22.8 Å². The van der Waals surface area contributed by atoms with Crippen molar-refractivity contribution in [2.45, 2.75) is 76.8 Å². The van der Waals surface area contributed by atoms with E-state index in [0.29, 0.717) is 43.5 Å². The highest BCUT2D eigenvalue weighted by Crippen LogP contribution is 2.32. The molecule has 0 atom stereocenters. The summed E-state index contributed by atoms with van der Waals surface area (Å²) in [7, 11) is -1.16. The van der Waals surface area contributed by atoms with Gasteiger partial charge in [0.05, 0.1) is 30.6 Å². The van der Waals surface area contributed by atoms with Crippen LogP contribution < -0.4 is 15.5 Å². The second-order valence-corrected chi connectivity index (χ2v) is 15.9. The molecule has 0 bridgehead atoms. The van der Waals surface area contributed by atoms with Crippen LogP contribution in [0.2, 0.25) is 0 Å². The largest absolute Gasteiger partial charge is 0.469 e. The predicted molar refractivity (Wildman–Crippen MR) is 221 cm³/mol. The minimum Gasteiger partial charge on any atom is -0.469 e. The number of anilines is 3. The van der Waals surface area contributed by atoms with Gasteiger partial charge in [-0.1, -0.05) is 37.3 Å². The van der Waals surface area contributed by atoms with E-state index in [1.165, 1.54) is 36.2 Å². The number of esters is 2. The van der Waals surface area contributed by atoms with Gasteiger partial charge in [0.1, 0.15) is 0 Å². The topological polar surface area (TPSA) is 134 Å². The number of ether oxygens (including phenoxy) is 2. The lowest BCUT2D eigenvalue weighted by molar-refractivity contribution is -0.146. The fourth-order valence-electron chi connectivity index (χ4n) is 7.35. The molecular weight excluding hydrogens is 729 g/mol. The average molecular weight is 783 g/mol. The molecule has 0 unspecified atom stereocenters. The predicted octanol–water partition coefficient (Wildman–Crippen LogP) is 7.71. The molecule has 4 aromatic rings. The van der Waals surface area contributed by atoms with Gasteiger partial charge >= 0.3 is 11.9 Å². The van der Waals surface area contributed by atoms with Crippen LogP contribution in [0.1, 0.15) is 83.9 Å². The summed E-state index contributed by atoms with van der Waals surface area (Å²) in [6, 6.07) is 27.6. The van der Waals surface area contributed by atoms with E-state index in [1.807, 2.05) is 43.3 Å². The van der Waals surface area contributed by atoms with E-state index in [-0.39, 0.29) is 40.9 Å². The summed E-state index contributed by atoms with van der Waals surface area (Å²) >= 11 is 0. The van der Waals surface area contributed by atoms with Crippen molar-refractivity contribution in [2.75, 3.05) is 49.4 Å². The third kappa shape index (κ3) is 10.3. The van der Waals surface area contributed by atoms with Gasteiger partial charge < -0.3 is 25.0 Å². The van der Waals surface area contributed by atoms with Crippen molar-refractivity contribution in [1.82, 2.24) is 4.31 Å². The van der Waals surface area contributed by atoms with E-state index < -0.39 is 15.9 Å². The highest BCUT2D eigenvalue weighted by molar-refractivity contribution is 7.89. The number of nitrogens with one attached hydrogen (secondary N) is 2. The molecular formula is C44H54N4O7S. The van der Waals surface area contributed by atoms with Gasteiger partial charge in [-0.3, -0.25) is 9.59 Å². The van der Waals surface area contributed by atoms with Gasteiger partial charge in [0.2, 0.25) is 10.0 Å². The zero-order valence-electron chi connectivity index (χ0n) is 33.0. The van der Waals surface area contributed by atoms with Crippen LogP contribution in [0.15, 0.2) is 95.9 Å². The zero-order chi connectivity index (χ0) is 40.2. The molecule has 12 heteroatoms. The standard InChI is InChI=1S/C44H54N4O7S/c1-6-47(7-2)39-26-27-41(36(28-39)30-45-37-22-16-32(17-23-37)13-12-31-14-18-33(19-15-31)43(50)54-4)46-42(49)35-10-9-11-40(29-35)56(52,53)48(8-3)38-24-20-34(21-25-38)44(51)55-5/h9-11,14-19,22-23,26-29,34,38,45H,6-8,12-13,20-21,24-25,30H2,1-5H3,(H,46,49)/t34-,38-. The van der Waals surface area contributed by atoms with Crippen LogP contribution in [0, 0.1) is 5.92 Å². The Balaban J connectivity index is 1.27. The summed E-state index contributed by atoms with van der Waals surface area (Å²) in [6.07, 6.45) is 3.94. The number of carbonyl (C=O) groups is 3. The van der Waals surface area contributed by atoms with Gasteiger partial charge in [-0.05, 0) is 130 Å². The molecule has 1 saturated carbocycles. The van der Waals surface area contributed by atoms with E-state index >= 15 is 0 Å². The van der Waals surface area contributed by atoms with Crippen LogP contribution >= 0.6 is 0 Å². The molecule has 298 valence electrons. The van der Waals surface area contributed by atoms with Gasteiger partial charge in [0.25, 0.3) is 5.91 Å². The molecule has 0 aliphatic heterocycles. The lowest BCUT2D eigenvalue weighted by Gasteiger charge is -2.34. The van der Waals surface area contributed by atoms with Crippen molar-refractivity contribution in [3.05, 3.63) is 119 Å². The maximum Gasteiger partial charge on any atom is 0.337 e. The van der Waals surface area contributed by atoms with Gasteiger partial charge in [-0.15, -0.1) is 0 Å². The number of hydrogen-bond acceptors (Lipinski definition) is 9. The molecule has 0 radical (unpaired) electrons. The highest BCUT2D eigenvalue weighted by atomic mass is 32.2. The molecule has 5 rings (SSSR count). The molecule has 1 amide bonds. The van der Waals surface area contributed by atoms with E-state index in [1.54, 1.807) is 24.3 Å². The van der Waals surface area contributed by atoms with Gasteiger partial charge in [0, 0.05) is 54.8 Å². The number of benzene rings is 4. The van der Waals surface area contributed by atoms with Gasteiger partial charge in [-0.2, -0.15) is 4.31 Å². The first kappa shape index (κ1) is 42.0. The van der Waals surface area contributed by atoms with Crippen LogP contribution in [0.3, 0.4) is 0 Å². The van der Waals surface area contributed by atoms with E-state index in [2.05, 4.69) is 47.6 Å². The SMILES string of the molecule is CCN(CC)c1ccc(NC(=O)c2cccc(S(=O)(=O)N(CC)[C@H]3CC[C@H](C(=O)OC)CC3)c2)c(CNc2ccc(CCc3ccc(C(=O)OC)cc3)cc2)c1. The molecule has 1 fully saturated rings. The van der Waals surface area contributed by atoms with Crippen LogP contribution in [0.5, 0.6) is 0 Å². The Morgan fingerprint density at radius 2 is 1.38 bits per heavy atom. The van der Waals surface area contributed by atoms with Crippen LogP contribution in [0.25, 0.3) is 0 Å². The lowest BCUT2D eigenvalue weighted by atomic mass is 9.86. The molecule has 1 aliphatic rings. The minimum absolute atomic E-state index is 0.0563. The van der Waals surface area contributed by atoms with E-state index in [0.717, 1.165) is 48.4 Å². The van der Waals surface area contributed by atoms with Crippen LogP contribution in [-0.4, -0.2) is 70.5 Å². The first-order chi connectivity index (χ1) is 27.0. The molecule has 11 nitrogen and oxygen atoms in total. The lowest BCUT2D eigenvalue weighted by Crippen LogP contribution is -2.43. The van der Waals surface area contributed by atoms with Crippen molar-refractivity contribution < 1.29 is 32.3 Å². The number of sulfonamides is 1. The van der Waals surface area contributed by atoms with Crippen molar-refractivity contribution in [3.8, 4) is 0 Å². The summed E-state index contributed by atoms with van der Waals surface area (Å²) in [5.74, 6) is -1.22. The third-order valence-electron chi connectivity index (χ3n) is 10.6. The number of aryl methyl sites for hydroxylation is 2. The number of methoxy groups -OCH3 is 2. The highest BCUT2D eigenvalue weighted by Gasteiger charge is 2.35. The van der Waals surface area contributed by atoms with Crippen molar-refractivity contribution in [1.29, 1.82) is 0 Å². The quantitative estimate of drug-likeness (QED) is 0.103. The molecule has 0 saturated heterocycles. The Labute approximate surface area is 331 Å². The fraction of sp³-hybridized carbons (Fsp3) is 0.386. The average Bonchev–Trinajstić information content (AvgIpc) is 3.23. The maximum atomic E-state index is 13.9. The zero-order valence-corrected chi connectivity index (χ0v) is 33.9. The van der Waals surface area contributed by atoms with Crippen molar-refractivity contribution in [2.24, 2.45) is 5.92 Å². The summed E-state index contributed by atoms with van der Waals surface area (Å²) < 4.78 is 39.1. The second kappa shape index (κ2) is 19.6. The summed E-state index contributed by atoms with van der Waals surface area (Å²) in [4.78, 5) is 39.8. The molecule has 56 heavy (non-hydrogen) atoms. The van der Waals surface area contributed by atoms with Gasteiger partial charge in [-0.25, -0.2) is 13.2 Å². The smallest absolute Gasteiger partial charge is 0.337 e. The van der Waals surface area contributed by atoms with Crippen LogP contribution in [0.4, 0.5) is 17.1 Å². The fourth-order valence-corrected chi connectivity index (χ4v) is 9.09. The van der Waals surface area contributed by atoms with E-state index in [4.69, 9.17) is 9.47 Å². The molecule has 0 aromatic heterocycles. The third-order valence-corrected chi connectivity index (χ3v) is 12.7. The number of rotatable bonds is 17. The van der Waals surface area contributed by atoms with Crippen LogP contribution in [-0.2, 0) is 43.7 Å². The first-order valence-corrected chi connectivity index (χ1v) is 20.8.